The molecule has 0 radical (unpaired) electrons. The quantitative estimate of drug-likeness (QED) is 0.566. The van der Waals surface area contributed by atoms with E-state index in [1.807, 2.05) is 30.5 Å². The third kappa shape index (κ3) is 6.71. The van der Waals surface area contributed by atoms with Gasteiger partial charge in [-0.25, -0.2) is 4.79 Å². The summed E-state index contributed by atoms with van der Waals surface area (Å²) in [4.78, 5) is 16.5. The number of aromatic amines is 1. The summed E-state index contributed by atoms with van der Waals surface area (Å²) in [5.74, 6) is 0. The summed E-state index contributed by atoms with van der Waals surface area (Å²) in [6, 6.07) is 14.5. The number of H-pyrrole nitrogens is 1. The second-order valence-corrected chi connectivity index (χ2v) is 5.40. The van der Waals surface area contributed by atoms with Crippen LogP contribution in [0.25, 0.3) is 0 Å². The van der Waals surface area contributed by atoms with Crippen molar-refractivity contribution in [3.05, 3.63) is 72.1 Å². The summed E-state index contributed by atoms with van der Waals surface area (Å²) < 4.78 is 9.27. The molecule has 2 aromatic rings. The van der Waals surface area contributed by atoms with Gasteiger partial charge in [-0.1, -0.05) is 36.4 Å². The molecule has 128 valence electrons. The van der Waals surface area contributed by atoms with Crippen molar-refractivity contribution < 1.29 is 14.3 Å². The zero-order chi connectivity index (χ0) is 17.0. The molecule has 24 heavy (non-hydrogen) atoms. The maximum absolute atomic E-state index is 10.9. The Balaban J connectivity index is 1.84. The number of benzene rings is 1. The van der Waals surface area contributed by atoms with Crippen LogP contribution in [0.2, 0.25) is 0 Å². The fourth-order valence-corrected chi connectivity index (χ4v) is 2.34. The molecule has 1 N–H and O–H groups in total. The lowest BCUT2D eigenvalue weighted by Crippen LogP contribution is -2.26. The summed E-state index contributed by atoms with van der Waals surface area (Å²) >= 11 is 0. The number of nitrogens with zero attached hydrogens (tertiary/aromatic N) is 1. The summed E-state index contributed by atoms with van der Waals surface area (Å²) in [7, 11) is 1.30. The number of carbonyl (C=O) groups is 1. The molecule has 0 aliphatic rings. The van der Waals surface area contributed by atoms with Crippen molar-refractivity contribution in [1.29, 1.82) is 0 Å². The van der Waals surface area contributed by atoms with E-state index in [2.05, 4.69) is 45.0 Å². The van der Waals surface area contributed by atoms with Gasteiger partial charge in [0, 0.05) is 37.9 Å². The fourth-order valence-electron chi connectivity index (χ4n) is 2.34. The van der Waals surface area contributed by atoms with E-state index in [4.69, 9.17) is 4.74 Å². The molecule has 0 spiro atoms. The van der Waals surface area contributed by atoms with Crippen LogP contribution in [0.4, 0.5) is 4.79 Å². The molecule has 0 saturated heterocycles. The Kier molecular flexibility index (Phi) is 7.63. The largest absolute Gasteiger partial charge is 0.508 e. The molecule has 0 atom stereocenters. The van der Waals surface area contributed by atoms with Crippen LogP contribution in [-0.2, 0) is 22.4 Å². The van der Waals surface area contributed by atoms with Crippen molar-refractivity contribution in [2.24, 2.45) is 0 Å². The first kappa shape index (κ1) is 17.8. The average Bonchev–Trinajstić information content (AvgIpc) is 3.13. The molecule has 0 bridgehead atoms. The lowest BCUT2D eigenvalue weighted by molar-refractivity contribution is 0.0817. The first-order chi connectivity index (χ1) is 11.8. The number of hydrogen-bond donors (Lipinski definition) is 1. The number of rotatable bonds is 9. The van der Waals surface area contributed by atoms with Crippen LogP contribution in [0.3, 0.4) is 0 Å². The number of nitrogens with one attached hydrogen (secondary N) is 1. The minimum atomic E-state index is -0.660. The zero-order valence-electron chi connectivity index (χ0n) is 14.0. The van der Waals surface area contributed by atoms with Gasteiger partial charge in [0.1, 0.15) is 6.61 Å². The molecule has 5 heteroatoms. The zero-order valence-corrected chi connectivity index (χ0v) is 14.0. The highest BCUT2D eigenvalue weighted by Crippen LogP contribution is 2.06. The van der Waals surface area contributed by atoms with Crippen molar-refractivity contribution in [1.82, 2.24) is 9.88 Å². The predicted octanol–water partition coefficient (Wildman–Crippen LogP) is 3.40. The number of methoxy groups -OCH3 is 1. The van der Waals surface area contributed by atoms with Crippen LogP contribution in [0.15, 0.2) is 60.8 Å². The van der Waals surface area contributed by atoms with E-state index in [-0.39, 0.29) is 6.61 Å². The summed E-state index contributed by atoms with van der Waals surface area (Å²) in [5.41, 5.74) is 2.51. The molecule has 0 saturated carbocycles. The maximum atomic E-state index is 10.9. The lowest BCUT2D eigenvalue weighted by Gasteiger charge is -2.20. The van der Waals surface area contributed by atoms with Crippen LogP contribution in [0.1, 0.15) is 11.3 Å². The standard InChI is InChI=1S/C19H24N2O3/c1-23-19(22)24-15-6-5-13-21(14-11-18-10-7-12-20-18)16-17-8-3-2-4-9-17/h2-10,12,20H,11,13-16H2,1H3/b6-5+. The molecule has 5 nitrogen and oxygen atoms in total. The van der Waals surface area contributed by atoms with Gasteiger partial charge in [-0.15, -0.1) is 0 Å². The van der Waals surface area contributed by atoms with E-state index in [0.717, 1.165) is 26.1 Å². The smallest absolute Gasteiger partial charge is 0.438 e. The fraction of sp³-hybridized carbons (Fsp3) is 0.316. The van der Waals surface area contributed by atoms with E-state index >= 15 is 0 Å². The predicted molar refractivity (Wildman–Crippen MR) is 93.7 cm³/mol. The van der Waals surface area contributed by atoms with Gasteiger partial charge < -0.3 is 14.5 Å². The molecule has 2 rings (SSSR count). The Morgan fingerprint density at radius 3 is 2.71 bits per heavy atom. The Morgan fingerprint density at radius 2 is 2.00 bits per heavy atom. The van der Waals surface area contributed by atoms with E-state index in [1.165, 1.54) is 18.4 Å². The summed E-state index contributed by atoms with van der Waals surface area (Å²) in [6.07, 6.45) is 6.10. The molecule has 1 heterocycles. The SMILES string of the molecule is COC(=O)OC/C=C/CN(CCc1ccc[nH]1)Cc1ccccc1. The monoisotopic (exact) mass is 328 g/mol. The number of ether oxygens (including phenoxy) is 2. The molecular formula is C19H24N2O3. The second-order valence-electron chi connectivity index (χ2n) is 5.40. The van der Waals surface area contributed by atoms with Gasteiger partial charge >= 0.3 is 6.16 Å². The molecule has 0 aliphatic heterocycles. The molecule has 1 aromatic heterocycles. The average molecular weight is 328 g/mol. The van der Waals surface area contributed by atoms with Gasteiger partial charge in [-0.2, -0.15) is 0 Å². The van der Waals surface area contributed by atoms with Gasteiger partial charge in [-0.3, -0.25) is 4.90 Å². The Morgan fingerprint density at radius 1 is 1.17 bits per heavy atom. The van der Waals surface area contributed by atoms with Crippen LogP contribution >= 0.6 is 0 Å². The second kappa shape index (κ2) is 10.3. The van der Waals surface area contributed by atoms with Gasteiger partial charge in [0.25, 0.3) is 0 Å². The highest BCUT2D eigenvalue weighted by Gasteiger charge is 2.05. The third-order valence-corrected chi connectivity index (χ3v) is 3.60. The van der Waals surface area contributed by atoms with Crippen LogP contribution in [0, 0.1) is 0 Å². The van der Waals surface area contributed by atoms with Gasteiger partial charge in [-0.05, 0) is 23.8 Å². The van der Waals surface area contributed by atoms with Gasteiger partial charge in [0.2, 0.25) is 0 Å². The minimum Gasteiger partial charge on any atom is -0.438 e. The number of aromatic nitrogens is 1. The first-order valence-electron chi connectivity index (χ1n) is 8.02. The van der Waals surface area contributed by atoms with Gasteiger partial charge in [0.05, 0.1) is 7.11 Å². The van der Waals surface area contributed by atoms with Crippen molar-refractivity contribution in [2.45, 2.75) is 13.0 Å². The highest BCUT2D eigenvalue weighted by atomic mass is 16.7. The maximum Gasteiger partial charge on any atom is 0.508 e. The highest BCUT2D eigenvalue weighted by molar-refractivity contribution is 5.59. The Bertz CT molecular complexity index is 609. The van der Waals surface area contributed by atoms with Crippen molar-refractivity contribution >= 4 is 6.16 Å². The van der Waals surface area contributed by atoms with Crippen LogP contribution < -0.4 is 0 Å². The van der Waals surface area contributed by atoms with E-state index < -0.39 is 6.16 Å². The summed E-state index contributed by atoms with van der Waals surface area (Å²) in [5, 5.41) is 0. The molecule has 0 aliphatic carbocycles. The number of carbonyl (C=O) groups excluding carboxylic acids is 1. The normalized spacial score (nSPS) is 11.1. The van der Waals surface area contributed by atoms with Crippen molar-refractivity contribution in [3.63, 3.8) is 0 Å². The topological polar surface area (TPSA) is 54.6 Å². The van der Waals surface area contributed by atoms with Crippen LogP contribution in [-0.4, -0.2) is 42.8 Å². The van der Waals surface area contributed by atoms with Crippen molar-refractivity contribution in [2.75, 3.05) is 26.8 Å². The Hall–Kier alpha value is -2.53. The van der Waals surface area contributed by atoms with Gasteiger partial charge in [0.15, 0.2) is 0 Å². The van der Waals surface area contributed by atoms with Crippen molar-refractivity contribution in [3.8, 4) is 0 Å². The third-order valence-electron chi connectivity index (χ3n) is 3.60. The van der Waals surface area contributed by atoms with E-state index in [9.17, 15) is 4.79 Å². The molecular weight excluding hydrogens is 304 g/mol. The summed E-state index contributed by atoms with van der Waals surface area (Å²) in [6.45, 7) is 2.84. The van der Waals surface area contributed by atoms with E-state index in [1.54, 1.807) is 0 Å². The molecule has 0 unspecified atom stereocenters. The van der Waals surface area contributed by atoms with E-state index in [0.29, 0.717) is 0 Å². The van der Waals surface area contributed by atoms with Crippen LogP contribution in [0.5, 0.6) is 0 Å². The Labute approximate surface area is 142 Å². The molecule has 0 amide bonds. The first-order valence-corrected chi connectivity index (χ1v) is 8.02. The molecule has 0 fully saturated rings. The lowest BCUT2D eigenvalue weighted by atomic mass is 10.2. The minimum absolute atomic E-state index is 0.225. The number of hydrogen-bond acceptors (Lipinski definition) is 4. The molecule has 1 aromatic carbocycles.